The second-order valence-electron chi connectivity index (χ2n) is 14.4. The minimum atomic E-state index is -4.75. The number of ether oxygens (including phenoxy) is 2. The average Bonchev–Trinajstić information content (AvgIpc) is 3.08. The van der Waals surface area contributed by atoms with Crippen LogP contribution < -0.4 is 0 Å². The lowest BCUT2D eigenvalue weighted by atomic mass is 10.0. The van der Waals surface area contributed by atoms with E-state index in [0.717, 1.165) is 44.9 Å². The molecule has 0 bridgehead atoms. The van der Waals surface area contributed by atoms with Crippen LogP contribution in [-0.4, -0.2) is 41.0 Å². The zero-order chi connectivity index (χ0) is 36.8. The maximum absolute atomic E-state index is 12.4. The van der Waals surface area contributed by atoms with Crippen molar-refractivity contribution in [2.75, 3.05) is 13.2 Å². The first kappa shape index (κ1) is 48.8. The van der Waals surface area contributed by atoms with Gasteiger partial charge in [-0.25, -0.2) is 4.57 Å². The van der Waals surface area contributed by atoms with Crippen molar-refractivity contribution < 1.29 is 37.9 Å². The summed E-state index contributed by atoms with van der Waals surface area (Å²) in [4.78, 5) is 42.8. The topological polar surface area (TPSA) is 119 Å². The molecule has 0 aliphatic carbocycles. The fourth-order valence-electron chi connectivity index (χ4n) is 6.30. The van der Waals surface area contributed by atoms with E-state index < -0.39 is 32.5 Å². The summed E-state index contributed by atoms with van der Waals surface area (Å²) in [7, 11) is -4.75. The summed E-state index contributed by atoms with van der Waals surface area (Å²) < 4.78 is 26.4. The Labute approximate surface area is 307 Å². The molecule has 0 saturated carbocycles. The highest BCUT2D eigenvalue weighted by molar-refractivity contribution is 7.46. The maximum Gasteiger partial charge on any atom is 0.469 e. The third-order valence-electron chi connectivity index (χ3n) is 9.43. The molecule has 8 nitrogen and oxygen atoms in total. The van der Waals surface area contributed by atoms with Crippen LogP contribution in [-0.2, 0) is 28.2 Å². The maximum atomic E-state index is 12.4. The minimum Gasteiger partial charge on any atom is -0.462 e. The van der Waals surface area contributed by atoms with Gasteiger partial charge in [0.1, 0.15) is 6.61 Å². The number of esters is 2. The largest absolute Gasteiger partial charge is 0.469 e. The molecule has 0 fully saturated rings. The van der Waals surface area contributed by atoms with Gasteiger partial charge in [0.25, 0.3) is 0 Å². The highest BCUT2D eigenvalue weighted by atomic mass is 31.2. The summed E-state index contributed by atoms with van der Waals surface area (Å²) in [6, 6.07) is 0. The van der Waals surface area contributed by atoms with Gasteiger partial charge in [0.05, 0.1) is 6.61 Å². The van der Waals surface area contributed by atoms with Crippen molar-refractivity contribution in [1.29, 1.82) is 0 Å². The molecule has 2 N–H and O–H groups in total. The normalized spacial score (nSPS) is 12.2. The van der Waals surface area contributed by atoms with Crippen LogP contribution in [0.1, 0.15) is 219 Å². The number of carbonyl (C=O) groups excluding carboxylic acids is 2. The van der Waals surface area contributed by atoms with Crippen molar-refractivity contribution in [2.24, 2.45) is 0 Å². The highest BCUT2D eigenvalue weighted by Crippen LogP contribution is 2.36. The quantitative estimate of drug-likeness (QED) is 0.0277. The molecule has 0 saturated heterocycles. The number of phosphoric acid groups is 1. The van der Waals surface area contributed by atoms with E-state index in [0.29, 0.717) is 6.42 Å². The lowest BCUT2D eigenvalue weighted by molar-refractivity contribution is -0.161. The van der Waals surface area contributed by atoms with E-state index in [1.165, 1.54) is 148 Å². The van der Waals surface area contributed by atoms with Gasteiger partial charge in [0.15, 0.2) is 6.10 Å². The first-order valence-corrected chi connectivity index (χ1v) is 22.5. The van der Waals surface area contributed by atoms with Crippen LogP contribution in [0.3, 0.4) is 0 Å². The van der Waals surface area contributed by atoms with Gasteiger partial charge in [0.2, 0.25) is 0 Å². The molecule has 0 aliphatic rings. The zero-order valence-corrected chi connectivity index (χ0v) is 33.3. The van der Waals surface area contributed by atoms with E-state index in [2.05, 4.69) is 18.0 Å². The van der Waals surface area contributed by atoms with E-state index >= 15 is 0 Å². The molecule has 0 unspecified atom stereocenters. The van der Waals surface area contributed by atoms with Crippen molar-refractivity contribution in [3.05, 3.63) is 12.7 Å². The number of carbonyl (C=O) groups is 2. The van der Waals surface area contributed by atoms with Crippen molar-refractivity contribution in [2.45, 2.75) is 225 Å². The molecule has 0 aromatic heterocycles. The molecule has 0 heterocycles. The summed E-state index contributed by atoms with van der Waals surface area (Å²) in [5, 5.41) is 0. The molecule has 0 spiro atoms. The molecule has 0 aliphatic heterocycles. The van der Waals surface area contributed by atoms with Crippen LogP contribution in [0, 0.1) is 0 Å². The molecule has 50 heavy (non-hydrogen) atoms. The third kappa shape index (κ3) is 39.6. The molecule has 0 rings (SSSR count). The lowest BCUT2D eigenvalue weighted by Crippen LogP contribution is -2.29. The van der Waals surface area contributed by atoms with E-state index in [4.69, 9.17) is 19.3 Å². The van der Waals surface area contributed by atoms with Gasteiger partial charge in [-0.1, -0.05) is 186 Å². The highest BCUT2D eigenvalue weighted by Gasteiger charge is 2.22. The number of allylic oxidation sites excluding steroid dienone is 1. The average molecular weight is 731 g/mol. The Morgan fingerprint density at radius 1 is 0.540 bits per heavy atom. The summed E-state index contributed by atoms with van der Waals surface area (Å²) in [5.74, 6) is -0.875. The molecular formula is C41H79O8P. The van der Waals surface area contributed by atoms with Gasteiger partial charge < -0.3 is 19.3 Å². The van der Waals surface area contributed by atoms with E-state index in [-0.39, 0.29) is 19.4 Å². The number of hydrogen-bond donors (Lipinski definition) is 2. The Hall–Kier alpha value is -1.21. The summed E-state index contributed by atoms with van der Waals surface area (Å²) >= 11 is 0. The molecule has 0 aromatic rings. The fraction of sp³-hybridized carbons (Fsp3) is 0.902. The second kappa shape index (κ2) is 37.5. The Balaban J connectivity index is 3.85. The van der Waals surface area contributed by atoms with Gasteiger partial charge in [-0.05, 0) is 25.7 Å². The molecule has 1 atom stereocenters. The lowest BCUT2D eigenvalue weighted by Gasteiger charge is -2.18. The second-order valence-corrected chi connectivity index (χ2v) is 15.7. The van der Waals surface area contributed by atoms with E-state index in [1.807, 2.05) is 6.08 Å². The SMILES string of the molecule is C=CCCCCCCCCCCCCCCCC(=O)O[C@H](COC(=O)CCCCCCCCCCCCCCCCCCC)COP(=O)(O)O. The molecule has 0 aromatic carbocycles. The Bertz CT molecular complexity index is 814. The van der Waals surface area contributed by atoms with Gasteiger partial charge in [-0.15, -0.1) is 6.58 Å². The fourth-order valence-corrected chi connectivity index (χ4v) is 6.66. The number of phosphoric ester groups is 1. The van der Waals surface area contributed by atoms with Crippen LogP contribution in [0.5, 0.6) is 0 Å². The smallest absolute Gasteiger partial charge is 0.462 e. The zero-order valence-electron chi connectivity index (χ0n) is 32.4. The van der Waals surface area contributed by atoms with Crippen LogP contribution in [0.25, 0.3) is 0 Å². The predicted octanol–water partition coefficient (Wildman–Crippen LogP) is 12.6. The van der Waals surface area contributed by atoms with Crippen molar-refractivity contribution >= 4 is 19.8 Å². The van der Waals surface area contributed by atoms with Crippen LogP contribution in [0.2, 0.25) is 0 Å². The van der Waals surface area contributed by atoms with E-state index in [9.17, 15) is 14.2 Å². The molecular weight excluding hydrogens is 651 g/mol. The summed E-state index contributed by atoms with van der Waals surface area (Å²) in [5.41, 5.74) is 0. The molecule has 0 radical (unpaired) electrons. The summed E-state index contributed by atoms with van der Waals surface area (Å²) in [6.07, 6.45) is 39.7. The Morgan fingerprint density at radius 2 is 0.880 bits per heavy atom. The number of unbranched alkanes of at least 4 members (excludes halogenated alkanes) is 29. The van der Waals surface area contributed by atoms with Crippen LogP contribution in [0.4, 0.5) is 0 Å². The van der Waals surface area contributed by atoms with Gasteiger partial charge in [-0.3, -0.25) is 14.1 Å². The van der Waals surface area contributed by atoms with Gasteiger partial charge >= 0.3 is 19.8 Å². The Morgan fingerprint density at radius 3 is 1.24 bits per heavy atom. The number of rotatable bonds is 40. The third-order valence-corrected chi connectivity index (χ3v) is 9.92. The van der Waals surface area contributed by atoms with Crippen LogP contribution >= 0.6 is 7.82 Å². The van der Waals surface area contributed by atoms with Gasteiger partial charge in [-0.2, -0.15) is 0 Å². The van der Waals surface area contributed by atoms with Crippen molar-refractivity contribution in [3.8, 4) is 0 Å². The standard InChI is InChI=1S/C41H79O8P/c1-3-5-7-9-11-13-15-17-19-20-22-23-25-27-29-31-33-35-40(42)47-37-39(38-48-50(44,45)46)49-41(43)36-34-32-30-28-26-24-21-18-16-14-12-10-8-6-4-2/h4,39H,2-3,5-38H2,1H3,(H2,44,45,46)/t39-/m1/s1. The first-order valence-electron chi connectivity index (χ1n) is 20.9. The molecule has 9 heteroatoms. The molecule has 0 amide bonds. The minimum absolute atomic E-state index is 0.215. The van der Waals surface area contributed by atoms with Gasteiger partial charge in [0, 0.05) is 12.8 Å². The monoisotopic (exact) mass is 731 g/mol. The summed E-state index contributed by atoms with van der Waals surface area (Å²) in [6.45, 7) is 5.22. The van der Waals surface area contributed by atoms with Crippen molar-refractivity contribution in [3.63, 3.8) is 0 Å². The van der Waals surface area contributed by atoms with Crippen molar-refractivity contribution in [1.82, 2.24) is 0 Å². The molecule has 296 valence electrons. The Kier molecular flexibility index (Phi) is 36.6. The van der Waals surface area contributed by atoms with Crippen LogP contribution in [0.15, 0.2) is 12.7 Å². The predicted molar refractivity (Wildman–Crippen MR) is 207 cm³/mol. The first-order chi connectivity index (χ1) is 24.3. The van der Waals surface area contributed by atoms with E-state index in [1.54, 1.807) is 0 Å². The number of hydrogen-bond acceptors (Lipinski definition) is 6.